The zero-order chi connectivity index (χ0) is 20.4. The Labute approximate surface area is 169 Å². The van der Waals surface area contributed by atoms with Gasteiger partial charge in [-0.1, -0.05) is 6.07 Å². The highest BCUT2D eigenvalue weighted by molar-refractivity contribution is 7.89. The molecule has 152 valence electrons. The number of aryl methyl sites for hydroxylation is 2. The first-order valence-electron chi connectivity index (χ1n) is 9.44. The molecule has 3 aromatic rings. The normalized spacial score (nSPS) is 16.4. The predicted molar refractivity (Wildman–Crippen MR) is 106 cm³/mol. The van der Waals surface area contributed by atoms with Crippen LogP contribution in [0.25, 0.3) is 0 Å². The van der Waals surface area contributed by atoms with E-state index in [1.165, 1.54) is 18.4 Å². The molecule has 0 saturated carbocycles. The molecule has 2 heterocycles. The topological polar surface area (TPSA) is 102 Å². The van der Waals surface area contributed by atoms with Gasteiger partial charge in [-0.05, 0) is 55.7 Å². The molecule has 2 N–H and O–H groups in total. The van der Waals surface area contributed by atoms with Gasteiger partial charge in [0.1, 0.15) is 11.5 Å². The standard InChI is InChI=1S/C21H22N2O5S/c1-14-7-8-16(29(25,26)22-13-15-4-3-10-27-15)12-18(14)21(24)23-19-5-2-6-20-17(19)9-11-28-20/h3-4,7-12,19,22H,2,5-6,13H2,1H3,(H,23,24). The summed E-state index contributed by atoms with van der Waals surface area (Å²) in [5, 5.41) is 3.02. The summed E-state index contributed by atoms with van der Waals surface area (Å²) in [4.78, 5) is 13.0. The summed E-state index contributed by atoms with van der Waals surface area (Å²) >= 11 is 0. The van der Waals surface area contributed by atoms with E-state index in [2.05, 4.69) is 10.0 Å². The van der Waals surface area contributed by atoms with Gasteiger partial charge in [-0.25, -0.2) is 13.1 Å². The van der Waals surface area contributed by atoms with Crippen LogP contribution in [0.2, 0.25) is 0 Å². The highest BCUT2D eigenvalue weighted by Gasteiger charge is 2.25. The van der Waals surface area contributed by atoms with Crippen LogP contribution in [-0.4, -0.2) is 14.3 Å². The van der Waals surface area contributed by atoms with Crippen LogP contribution in [0.15, 0.2) is 62.7 Å². The first-order valence-corrected chi connectivity index (χ1v) is 10.9. The van der Waals surface area contributed by atoms with Crippen LogP contribution in [0.5, 0.6) is 0 Å². The van der Waals surface area contributed by atoms with Gasteiger partial charge in [-0.2, -0.15) is 0 Å². The Hall–Kier alpha value is -2.84. The van der Waals surface area contributed by atoms with Gasteiger partial charge in [0.2, 0.25) is 10.0 Å². The van der Waals surface area contributed by atoms with E-state index in [0.717, 1.165) is 30.6 Å². The number of nitrogens with one attached hydrogen (secondary N) is 2. The molecule has 0 fully saturated rings. The predicted octanol–water partition coefficient (Wildman–Crippen LogP) is 3.47. The fourth-order valence-electron chi connectivity index (χ4n) is 3.55. The molecule has 0 bridgehead atoms. The van der Waals surface area contributed by atoms with Crippen LogP contribution in [0, 0.1) is 6.92 Å². The van der Waals surface area contributed by atoms with E-state index in [1.807, 2.05) is 6.07 Å². The third kappa shape index (κ3) is 4.13. The maximum Gasteiger partial charge on any atom is 0.252 e. The van der Waals surface area contributed by atoms with Crippen molar-refractivity contribution in [3.63, 3.8) is 0 Å². The number of fused-ring (bicyclic) bond motifs is 1. The molecular weight excluding hydrogens is 392 g/mol. The van der Waals surface area contributed by atoms with E-state index < -0.39 is 10.0 Å². The molecule has 7 nitrogen and oxygen atoms in total. The minimum atomic E-state index is -3.79. The highest BCUT2D eigenvalue weighted by atomic mass is 32.2. The summed E-state index contributed by atoms with van der Waals surface area (Å²) < 4.78 is 38.4. The first kappa shape index (κ1) is 19.5. The summed E-state index contributed by atoms with van der Waals surface area (Å²) in [5.74, 6) is 1.10. The van der Waals surface area contributed by atoms with Gasteiger partial charge in [-0.15, -0.1) is 0 Å². The Morgan fingerprint density at radius 3 is 2.83 bits per heavy atom. The van der Waals surface area contributed by atoms with Gasteiger partial charge >= 0.3 is 0 Å². The summed E-state index contributed by atoms with van der Waals surface area (Å²) in [6.07, 6.45) is 5.73. The zero-order valence-electron chi connectivity index (χ0n) is 16.0. The average Bonchev–Trinajstić information content (AvgIpc) is 3.39. The second-order valence-corrected chi connectivity index (χ2v) is 8.86. The molecule has 4 rings (SSSR count). The van der Waals surface area contributed by atoms with E-state index in [4.69, 9.17) is 8.83 Å². The quantitative estimate of drug-likeness (QED) is 0.643. The van der Waals surface area contributed by atoms with Crippen LogP contribution < -0.4 is 10.0 Å². The molecule has 1 aromatic carbocycles. The molecule has 0 spiro atoms. The molecule has 8 heteroatoms. The van der Waals surface area contributed by atoms with E-state index in [-0.39, 0.29) is 23.4 Å². The van der Waals surface area contributed by atoms with Gasteiger partial charge in [0, 0.05) is 17.5 Å². The molecule has 1 unspecified atom stereocenters. The SMILES string of the molecule is Cc1ccc(S(=O)(=O)NCc2ccco2)cc1C(=O)NC1CCCc2occc21. The fourth-order valence-corrected chi connectivity index (χ4v) is 4.57. The highest BCUT2D eigenvalue weighted by Crippen LogP contribution is 2.31. The van der Waals surface area contributed by atoms with Crippen molar-refractivity contribution in [1.82, 2.24) is 10.0 Å². The Morgan fingerprint density at radius 2 is 2.03 bits per heavy atom. The number of carbonyl (C=O) groups excluding carboxylic acids is 1. The van der Waals surface area contributed by atoms with Crippen LogP contribution in [-0.2, 0) is 23.0 Å². The summed E-state index contributed by atoms with van der Waals surface area (Å²) in [6, 6.07) is 9.66. The molecule has 0 aliphatic heterocycles. The number of amides is 1. The molecule has 1 aliphatic carbocycles. The molecule has 0 radical (unpaired) electrons. The van der Waals surface area contributed by atoms with Crippen LogP contribution in [0.1, 0.15) is 51.9 Å². The van der Waals surface area contributed by atoms with Crippen molar-refractivity contribution >= 4 is 15.9 Å². The minimum absolute atomic E-state index is 0.0347. The van der Waals surface area contributed by atoms with Gasteiger partial charge in [0.15, 0.2) is 0 Å². The second kappa shape index (κ2) is 7.88. The lowest BCUT2D eigenvalue weighted by atomic mass is 9.93. The fraction of sp³-hybridized carbons (Fsp3) is 0.286. The average molecular weight is 414 g/mol. The minimum Gasteiger partial charge on any atom is -0.469 e. The lowest BCUT2D eigenvalue weighted by Gasteiger charge is -2.23. The van der Waals surface area contributed by atoms with Crippen LogP contribution in [0.4, 0.5) is 0 Å². The van der Waals surface area contributed by atoms with Gasteiger partial charge in [0.25, 0.3) is 5.91 Å². The molecule has 2 aromatic heterocycles. The summed E-state index contributed by atoms with van der Waals surface area (Å²) in [5.41, 5.74) is 2.03. The third-order valence-corrected chi connectivity index (χ3v) is 6.54. The molecule has 1 atom stereocenters. The van der Waals surface area contributed by atoms with Gasteiger partial charge in [-0.3, -0.25) is 4.79 Å². The van der Waals surface area contributed by atoms with Crippen molar-refractivity contribution in [2.24, 2.45) is 0 Å². The van der Waals surface area contributed by atoms with E-state index in [9.17, 15) is 13.2 Å². The Kier molecular flexibility index (Phi) is 5.29. The maximum absolute atomic E-state index is 12.9. The Bertz CT molecular complexity index is 1120. The van der Waals surface area contributed by atoms with Crippen molar-refractivity contribution < 1.29 is 22.0 Å². The van der Waals surface area contributed by atoms with E-state index in [1.54, 1.807) is 31.4 Å². The van der Waals surface area contributed by atoms with Gasteiger partial charge in [0.05, 0.1) is 30.0 Å². The number of hydrogen-bond acceptors (Lipinski definition) is 5. The third-order valence-electron chi connectivity index (χ3n) is 5.14. The number of hydrogen-bond donors (Lipinski definition) is 2. The molecule has 29 heavy (non-hydrogen) atoms. The van der Waals surface area contributed by atoms with Crippen molar-refractivity contribution in [2.45, 2.75) is 43.7 Å². The number of furan rings is 2. The lowest BCUT2D eigenvalue weighted by molar-refractivity contribution is 0.0931. The number of benzene rings is 1. The second-order valence-electron chi connectivity index (χ2n) is 7.10. The van der Waals surface area contributed by atoms with Crippen LogP contribution in [0.3, 0.4) is 0 Å². The summed E-state index contributed by atoms with van der Waals surface area (Å²) in [6.45, 7) is 1.82. The number of carbonyl (C=O) groups is 1. The molecule has 1 amide bonds. The number of sulfonamides is 1. The van der Waals surface area contributed by atoms with Crippen LogP contribution >= 0.6 is 0 Å². The maximum atomic E-state index is 12.9. The Balaban J connectivity index is 1.53. The van der Waals surface area contributed by atoms with Crippen molar-refractivity contribution in [2.75, 3.05) is 0 Å². The monoisotopic (exact) mass is 414 g/mol. The van der Waals surface area contributed by atoms with Crippen molar-refractivity contribution in [1.29, 1.82) is 0 Å². The summed E-state index contributed by atoms with van der Waals surface area (Å²) in [7, 11) is -3.79. The zero-order valence-corrected chi connectivity index (χ0v) is 16.8. The number of rotatable bonds is 6. The largest absolute Gasteiger partial charge is 0.469 e. The lowest BCUT2D eigenvalue weighted by Crippen LogP contribution is -2.31. The first-order chi connectivity index (χ1) is 13.9. The molecule has 0 saturated heterocycles. The Morgan fingerprint density at radius 1 is 1.17 bits per heavy atom. The smallest absolute Gasteiger partial charge is 0.252 e. The van der Waals surface area contributed by atoms with Crippen molar-refractivity contribution in [3.05, 3.63) is 77.1 Å². The van der Waals surface area contributed by atoms with E-state index >= 15 is 0 Å². The molecule has 1 aliphatic rings. The van der Waals surface area contributed by atoms with E-state index in [0.29, 0.717) is 16.9 Å². The van der Waals surface area contributed by atoms with Gasteiger partial charge < -0.3 is 14.2 Å². The molecular formula is C21H22N2O5S. The van der Waals surface area contributed by atoms with Crippen molar-refractivity contribution in [3.8, 4) is 0 Å².